The van der Waals surface area contributed by atoms with Crippen LogP contribution in [0.5, 0.6) is 0 Å². The largest absolute Gasteiger partial charge is 0.356 e. The van der Waals surface area contributed by atoms with Crippen molar-refractivity contribution in [3.05, 3.63) is 0 Å². The zero-order valence-electron chi connectivity index (χ0n) is 10.6. The average molecular weight is 213 g/mol. The molecule has 1 N–H and O–H groups in total. The third-order valence-corrected chi connectivity index (χ3v) is 2.58. The van der Waals surface area contributed by atoms with Crippen molar-refractivity contribution in [2.45, 2.75) is 65.7 Å². The third-order valence-electron chi connectivity index (χ3n) is 2.58. The van der Waals surface area contributed by atoms with Gasteiger partial charge in [-0.25, -0.2) is 0 Å². The summed E-state index contributed by atoms with van der Waals surface area (Å²) in [5.74, 6) is 0.941. The Bertz CT molecular complexity index is 155. The van der Waals surface area contributed by atoms with Gasteiger partial charge >= 0.3 is 0 Å². The Balaban J connectivity index is 2.96. The molecular weight excluding hydrogens is 186 g/mol. The summed E-state index contributed by atoms with van der Waals surface area (Å²) < 4.78 is 0. The second kappa shape index (κ2) is 10.0. The molecule has 1 amide bonds. The van der Waals surface area contributed by atoms with E-state index < -0.39 is 0 Å². The summed E-state index contributed by atoms with van der Waals surface area (Å²) in [5, 5.41) is 2.82. The van der Waals surface area contributed by atoms with Crippen LogP contribution >= 0.6 is 0 Å². The standard InChI is InChI=1S/C13H27NO/c1-12(2)10-8-6-4-5-7-9-11-14-13(3)15/h12H,4-11H2,1-3H3,(H,14,15). The summed E-state index contributed by atoms with van der Waals surface area (Å²) in [7, 11) is 0. The van der Waals surface area contributed by atoms with Gasteiger partial charge in [0.05, 0.1) is 0 Å². The minimum atomic E-state index is 0.0898. The first kappa shape index (κ1) is 14.5. The minimum absolute atomic E-state index is 0.0898. The average Bonchev–Trinajstić information content (AvgIpc) is 2.14. The van der Waals surface area contributed by atoms with E-state index in [9.17, 15) is 4.79 Å². The molecule has 90 valence electrons. The summed E-state index contributed by atoms with van der Waals surface area (Å²) in [5.41, 5.74) is 0. The number of rotatable bonds is 9. The normalized spacial score (nSPS) is 10.7. The Hall–Kier alpha value is -0.530. The van der Waals surface area contributed by atoms with Crippen LogP contribution in [0.4, 0.5) is 0 Å². The first-order valence-corrected chi connectivity index (χ1v) is 6.37. The molecule has 0 heterocycles. The molecule has 0 unspecified atom stereocenters. The lowest BCUT2D eigenvalue weighted by atomic mass is 10.0. The molecule has 2 heteroatoms. The van der Waals surface area contributed by atoms with Gasteiger partial charge in [0, 0.05) is 13.5 Å². The van der Waals surface area contributed by atoms with E-state index in [-0.39, 0.29) is 5.91 Å². The maximum absolute atomic E-state index is 10.6. The van der Waals surface area contributed by atoms with Gasteiger partial charge in [-0.1, -0.05) is 52.4 Å². The van der Waals surface area contributed by atoms with Crippen LogP contribution in [0, 0.1) is 5.92 Å². The Morgan fingerprint density at radius 1 is 1.00 bits per heavy atom. The third kappa shape index (κ3) is 13.5. The van der Waals surface area contributed by atoms with Gasteiger partial charge in [-0.05, 0) is 12.3 Å². The van der Waals surface area contributed by atoms with Gasteiger partial charge in [-0.15, -0.1) is 0 Å². The molecule has 0 aliphatic heterocycles. The van der Waals surface area contributed by atoms with Crippen LogP contribution in [-0.2, 0) is 4.79 Å². The van der Waals surface area contributed by atoms with Crippen LogP contribution in [0.2, 0.25) is 0 Å². The van der Waals surface area contributed by atoms with Crippen LogP contribution in [0.15, 0.2) is 0 Å². The summed E-state index contributed by atoms with van der Waals surface area (Å²) in [6.45, 7) is 6.99. The Morgan fingerprint density at radius 2 is 1.53 bits per heavy atom. The second-order valence-corrected chi connectivity index (χ2v) is 4.79. The molecule has 0 spiro atoms. The summed E-state index contributed by atoms with van der Waals surface area (Å²) in [6.07, 6.45) is 9.17. The van der Waals surface area contributed by atoms with Crippen LogP contribution in [-0.4, -0.2) is 12.5 Å². The quantitative estimate of drug-likeness (QED) is 0.583. The number of hydrogen-bond acceptors (Lipinski definition) is 1. The topological polar surface area (TPSA) is 29.1 Å². The fourth-order valence-corrected chi connectivity index (χ4v) is 1.65. The van der Waals surface area contributed by atoms with E-state index in [0.29, 0.717) is 0 Å². The van der Waals surface area contributed by atoms with E-state index in [2.05, 4.69) is 19.2 Å². The predicted molar refractivity (Wildman–Crippen MR) is 65.8 cm³/mol. The van der Waals surface area contributed by atoms with Gasteiger partial charge in [-0.3, -0.25) is 4.79 Å². The smallest absolute Gasteiger partial charge is 0.216 e. The number of hydrogen-bond donors (Lipinski definition) is 1. The Morgan fingerprint density at radius 3 is 2.07 bits per heavy atom. The van der Waals surface area contributed by atoms with Gasteiger partial charge < -0.3 is 5.32 Å². The predicted octanol–water partition coefficient (Wildman–Crippen LogP) is 3.51. The van der Waals surface area contributed by atoms with Crippen molar-refractivity contribution in [3.8, 4) is 0 Å². The molecule has 0 saturated carbocycles. The van der Waals surface area contributed by atoms with Crippen molar-refractivity contribution in [1.29, 1.82) is 0 Å². The van der Waals surface area contributed by atoms with Crippen LogP contribution in [0.3, 0.4) is 0 Å². The molecule has 0 radical (unpaired) electrons. The molecule has 0 aliphatic carbocycles. The second-order valence-electron chi connectivity index (χ2n) is 4.79. The lowest BCUT2D eigenvalue weighted by Gasteiger charge is -2.04. The van der Waals surface area contributed by atoms with Crippen LogP contribution in [0.1, 0.15) is 65.7 Å². The summed E-state index contributed by atoms with van der Waals surface area (Å²) >= 11 is 0. The molecule has 0 aromatic carbocycles. The highest BCUT2D eigenvalue weighted by atomic mass is 16.1. The van der Waals surface area contributed by atoms with E-state index in [1.165, 1.54) is 38.5 Å². The molecule has 0 aliphatic rings. The first-order chi connectivity index (χ1) is 7.13. The molecule has 0 rings (SSSR count). The lowest BCUT2D eigenvalue weighted by Crippen LogP contribution is -2.20. The van der Waals surface area contributed by atoms with Crippen molar-refractivity contribution in [3.63, 3.8) is 0 Å². The fourth-order valence-electron chi connectivity index (χ4n) is 1.65. The van der Waals surface area contributed by atoms with Gasteiger partial charge in [0.1, 0.15) is 0 Å². The van der Waals surface area contributed by atoms with Crippen molar-refractivity contribution in [1.82, 2.24) is 5.32 Å². The minimum Gasteiger partial charge on any atom is -0.356 e. The number of amides is 1. The van der Waals surface area contributed by atoms with E-state index in [1.807, 2.05) is 0 Å². The molecular formula is C13H27NO. The summed E-state index contributed by atoms with van der Waals surface area (Å²) in [4.78, 5) is 10.6. The monoisotopic (exact) mass is 213 g/mol. The SMILES string of the molecule is CC(=O)NCCCCCCCCC(C)C. The van der Waals surface area contributed by atoms with E-state index >= 15 is 0 Å². The van der Waals surface area contributed by atoms with Crippen molar-refractivity contribution in [2.75, 3.05) is 6.54 Å². The Kier molecular flexibility index (Phi) is 9.65. The highest BCUT2D eigenvalue weighted by molar-refractivity contribution is 5.72. The van der Waals surface area contributed by atoms with Crippen molar-refractivity contribution < 1.29 is 4.79 Å². The molecule has 2 nitrogen and oxygen atoms in total. The lowest BCUT2D eigenvalue weighted by molar-refractivity contribution is -0.118. The van der Waals surface area contributed by atoms with Crippen LogP contribution in [0.25, 0.3) is 0 Å². The highest BCUT2D eigenvalue weighted by Gasteiger charge is 1.95. The zero-order chi connectivity index (χ0) is 11.5. The zero-order valence-corrected chi connectivity index (χ0v) is 10.6. The number of carbonyl (C=O) groups is 1. The van der Waals surface area contributed by atoms with Gasteiger partial charge in [0.25, 0.3) is 0 Å². The van der Waals surface area contributed by atoms with E-state index in [1.54, 1.807) is 6.92 Å². The van der Waals surface area contributed by atoms with Crippen molar-refractivity contribution in [2.24, 2.45) is 5.92 Å². The molecule has 15 heavy (non-hydrogen) atoms. The molecule has 0 bridgehead atoms. The molecule has 0 aromatic heterocycles. The summed E-state index contributed by atoms with van der Waals surface area (Å²) in [6, 6.07) is 0. The maximum atomic E-state index is 10.6. The van der Waals surface area contributed by atoms with Crippen molar-refractivity contribution >= 4 is 5.91 Å². The molecule has 0 aromatic rings. The molecule has 0 atom stereocenters. The van der Waals surface area contributed by atoms with Gasteiger partial charge in [0.2, 0.25) is 5.91 Å². The van der Waals surface area contributed by atoms with Crippen LogP contribution < -0.4 is 5.32 Å². The van der Waals surface area contributed by atoms with Gasteiger partial charge in [-0.2, -0.15) is 0 Å². The fraction of sp³-hybridized carbons (Fsp3) is 0.923. The number of unbranched alkanes of at least 4 members (excludes halogenated alkanes) is 5. The number of carbonyl (C=O) groups excluding carboxylic acids is 1. The first-order valence-electron chi connectivity index (χ1n) is 6.37. The maximum Gasteiger partial charge on any atom is 0.216 e. The van der Waals surface area contributed by atoms with E-state index in [4.69, 9.17) is 0 Å². The van der Waals surface area contributed by atoms with Gasteiger partial charge in [0.15, 0.2) is 0 Å². The number of nitrogens with one attached hydrogen (secondary N) is 1. The highest BCUT2D eigenvalue weighted by Crippen LogP contribution is 2.10. The van der Waals surface area contributed by atoms with E-state index in [0.717, 1.165) is 18.9 Å². The molecule has 0 saturated heterocycles. The Labute approximate surface area is 94.8 Å². The molecule has 0 fully saturated rings.